The lowest BCUT2D eigenvalue weighted by Crippen LogP contribution is -2.73. The van der Waals surface area contributed by atoms with Crippen LogP contribution in [0.1, 0.15) is 18.5 Å². The van der Waals surface area contributed by atoms with Gasteiger partial charge in [0.1, 0.15) is 6.04 Å². The number of methoxy groups -OCH3 is 2. The second kappa shape index (κ2) is 5.72. The van der Waals surface area contributed by atoms with E-state index in [4.69, 9.17) is 9.47 Å². The highest BCUT2D eigenvalue weighted by molar-refractivity contribution is 6.12. The van der Waals surface area contributed by atoms with Gasteiger partial charge in [0.05, 0.1) is 12.0 Å². The second-order valence-corrected chi connectivity index (χ2v) is 4.78. The Labute approximate surface area is 126 Å². The van der Waals surface area contributed by atoms with Crippen LogP contribution < -0.4 is 0 Å². The first-order valence-corrected chi connectivity index (χ1v) is 6.63. The molecule has 0 radical (unpaired) electrons. The molecule has 0 bridgehead atoms. The van der Waals surface area contributed by atoms with Gasteiger partial charge in [0, 0.05) is 25.8 Å². The first kappa shape index (κ1) is 15.9. The Bertz CT molecular complexity index is 632. The number of likely N-dealkylation sites (N-methyl/N-ethyl adjacent to an activating group) is 1. The highest BCUT2D eigenvalue weighted by Gasteiger charge is 2.67. The molecule has 0 unspecified atom stereocenters. The number of hydrogen-bond acceptors (Lipinski definition) is 6. The van der Waals surface area contributed by atoms with Crippen molar-refractivity contribution in [3.63, 3.8) is 0 Å². The first-order chi connectivity index (χ1) is 10.4. The van der Waals surface area contributed by atoms with Gasteiger partial charge in [-0.3, -0.25) is 14.9 Å². The number of ether oxygens (including phenoxy) is 2. The van der Waals surface area contributed by atoms with Gasteiger partial charge in [-0.2, -0.15) is 0 Å². The first-order valence-electron chi connectivity index (χ1n) is 6.63. The molecule has 1 amide bonds. The fraction of sp³-hybridized carbons (Fsp3) is 0.429. The van der Waals surface area contributed by atoms with Gasteiger partial charge in [-0.15, -0.1) is 0 Å². The molecule has 22 heavy (non-hydrogen) atoms. The number of nitro groups is 1. The minimum Gasteiger partial charge on any atom is -0.466 e. The van der Waals surface area contributed by atoms with E-state index in [1.165, 1.54) is 30.2 Å². The molecule has 2 atom stereocenters. The summed E-state index contributed by atoms with van der Waals surface area (Å²) in [5.74, 6) is -1.33. The predicted molar refractivity (Wildman–Crippen MR) is 75.0 cm³/mol. The smallest absolute Gasteiger partial charge is 0.350 e. The van der Waals surface area contributed by atoms with Crippen LogP contribution in [-0.2, 0) is 19.1 Å². The largest absolute Gasteiger partial charge is 0.466 e. The SMILES string of the molecule is CCN1C(=O)[C@](OC)(C(=O)OC)[C@@H]1c1cccc([N+](=O)[O-])c1. The zero-order valence-electron chi connectivity index (χ0n) is 12.4. The second-order valence-electron chi connectivity index (χ2n) is 4.78. The van der Waals surface area contributed by atoms with Crippen molar-refractivity contribution in [2.45, 2.75) is 18.6 Å². The summed E-state index contributed by atoms with van der Waals surface area (Å²) in [4.78, 5) is 36.2. The summed E-state index contributed by atoms with van der Waals surface area (Å²) >= 11 is 0. The van der Waals surface area contributed by atoms with Gasteiger partial charge in [-0.05, 0) is 12.5 Å². The zero-order valence-corrected chi connectivity index (χ0v) is 12.4. The zero-order chi connectivity index (χ0) is 16.5. The Morgan fingerprint density at radius 3 is 2.64 bits per heavy atom. The molecule has 0 aliphatic carbocycles. The van der Waals surface area contributed by atoms with E-state index in [2.05, 4.69) is 0 Å². The Balaban J connectivity index is 2.53. The average Bonchev–Trinajstić information content (AvgIpc) is 2.53. The molecule has 1 saturated heterocycles. The summed E-state index contributed by atoms with van der Waals surface area (Å²) in [5, 5.41) is 10.9. The van der Waals surface area contributed by atoms with Gasteiger partial charge in [-0.1, -0.05) is 12.1 Å². The standard InChI is InChI=1S/C14H16N2O6/c1-4-15-11(9-6-5-7-10(8-9)16(19)20)14(22-3,12(15)17)13(18)21-2/h5-8,11H,4H2,1-3H3/t11-,14-/m0/s1. The fourth-order valence-corrected chi connectivity index (χ4v) is 2.78. The molecule has 1 aliphatic rings. The quantitative estimate of drug-likeness (QED) is 0.265. The molecule has 1 aliphatic heterocycles. The summed E-state index contributed by atoms with van der Waals surface area (Å²) in [5.41, 5.74) is -1.47. The van der Waals surface area contributed by atoms with Gasteiger partial charge >= 0.3 is 5.97 Å². The van der Waals surface area contributed by atoms with Gasteiger partial charge in [0.25, 0.3) is 17.2 Å². The van der Waals surface area contributed by atoms with Gasteiger partial charge in [0.15, 0.2) is 0 Å². The van der Waals surface area contributed by atoms with Crippen LogP contribution in [0.5, 0.6) is 0 Å². The van der Waals surface area contributed by atoms with E-state index in [0.717, 1.165) is 7.11 Å². The molecule has 0 saturated carbocycles. The number of likely N-dealkylation sites (tertiary alicyclic amines) is 1. The molecular weight excluding hydrogens is 292 g/mol. The Hall–Kier alpha value is -2.48. The molecule has 118 valence electrons. The number of carbonyl (C=O) groups is 2. The third kappa shape index (κ3) is 2.03. The third-order valence-corrected chi connectivity index (χ3v) is 3.82. The summed E-state index contributed by atoms with van der Waals surface area (Å²) in [6.07, 6.45) is 0. The molecule has 1 aromatic carbocycles. The number of β-lactam (4-membered cyclic amide) rings is 1. The number of carbonyl (C=O) groups excluding carboxylic acids is 2. The molecule has 1 fully saturated rings. The minimum atomic E-state index is -1.79. The number of non-ortho nitro benzene ring substituents is 1. The van der Waals surface area contributed by atoms with Crippen molar-refractivity contribution < 1.29 is 24.0 Å². The molecule has 8 heteroatoms. The average molecular weight is 308 g/mol. The van der Waals surface area contributed by atoms with E-state index in [0.29, 0.717) is 12.1 Å². The lowest BCUT2D eigenvalue weighted by Gasteiger charge is -2.52. The maximum absolute atomic E-state index is 12.3. The molecule has 8 nitrogen and oxygen atoms in total. The molecular formula is C14H16N2O6. The topological polar surface area (TPSA) is 99.0 Å². The van der Waals surface area contributed by atoms with Crippen LogP contribution in [0.3, 0.4) is 0 Å². The Morgan fingerprint density at radius 1 is 1.45 bits per heavy atom. The summed E-state index contributed by atoms with van der Waals surface area (Å²) in [7, 11) is 2.40. The maximum Gasteiger partial charge on any atom is 0.350 e. The highest BCUT2D eigenvalue weighted by atomic mass is 16.6. The summed E-state index contributed by atoms with van der Waals surface area (Å²) in [6, 6.07) is 5.02. The normalized spacial score (nSPS) is 23.9. The van der Waals surface area contributed by atoms with Gasteiger partial charge < -0.3 is 14.4 Å². The number of amides is 1. The van der Waals surface area contributed by atoms with Crippen molar-refractivity contribution in [3.8, 4) is 0 Å². The van der Waals surface area contributed by atoms with Crippen molar-refractivity contribution >= 4 is 17.6 Å². The van der Waals surface area contributed by atoms with Crippen LogP contribution in [0, 0.1) is 10.1 Å². The van der Waals surface area contributed by atoms with Crippen molar-refractivity contribution in [3.05, 3.63) is 39.9 Å². The van der Waals surface area contributed by atoms with E-state index in [1.54, 1.807) is 13.0 Å². The Morgan fingerprint density at radius 2 is 2.14 bits per heavy atom. The number of benzene rings is 1. The van der Waals surface area contributed by atoms with Crippen LogP contribution in [0.2, 0.25) is 0 Å². The number of nitrogens with zero attached hydrogens (tertiary/aromatic N) is 2. The molecule has 0 N–H and O–H groups in total. The lowest BCUT2D eigenvalue weighted by atomic mass is 9.77. The van der Waals surface area contributed by atoms with E-state index in [9.17, 15) is 19.7 Å². The summed E-state index contributed by atoms with van der Waals surface area (Å²) < 4.78 is 9.90. The number of esters is 1. The van der Waals surface area contributed by atoms with Crippen molar-refractivity contribution in [2.24, 2.45) is 0 Å². The maximum atomic E-state index is 12.3. The van der Waals surface area contributed by atoms with E-state index >= 15 is 0 Å². The van der Waals surface area contributed by atoms with E-state index in [1.807, 2.05) is 0 Å². The fourth-order valence-electron chi connectivity index (χ4n) is 2.78. The van der Waals surface area contributed by atoms with Crippen LogP contribution in [-0.4, -0.2) is 48.1 Å². The highest BCUT2D eigenvalue weighted by Crippen LogP contribution is 2.46. The van der Waals surface area contributed by atoms with E-state index < -0.39 is 28.4 Å². The number of hydrogen-bond donors (Lipinski definition) is 0. The van der Waals surface area contributed by atoms with Gasteiger partial charge in [0.2, 0.25) is 0 Å². The summed E-state index contributed by atoms with van der Waals surface area (Å²) in [6.45, 7) is 2.09. The monoisotopic (exact) mass is 308 g/mol. The lowest BCUT2D eigenvalue weighted by molar-refractivity contribution is -0.385. The molecule has 0 aromatic heterocycles. The van der Waals surface area contributed by atoms with Crippen LogP contribution in [0.4, 0.5) is 5.69 Å². The van der Waals surface area contributed by atoms with Crippen LogP contribution in [0.25, 0.3) is 0 Å². The number of nitro benzene ring substituents is 1. The molecule has 1 aromatic rings. The minimum absolute atomic E-state index is 0.122. The predicted octanol–water partition coefficient (Wildman–Crippen LogP) is 1.06. The van der Waals surface area contributed by atoms with Crippen LogP contribution >= 0.6 is 0 Å². The molecule has 0 spiro atoms. The van der Waals surface area contributed by atoms with Crippen molar-refractivity contribution in [1.29, 1.82) is 0 Å². The van der Waals surface area contributed by atoms with Crippen LogP contribution in [0.15, 0.2) is 24.3 Å². The van der Waals surface area contributed by atoms with Crippen molar-refractivity contribution in [1.82, 2.24) is 4.90 Å². The number of rotatable bonds is 5. The Kier molecular flexibility index (Phi) is 4.14. The molecule has 1 heterocycles. The van der Waals surface area contributed by atoms with Gasteiger partial charge in [-0.25, -0.2) is 4.79 Å². The third-order valence-electron chi connectivity index (χ3n) is 3.82. The molecule has 2 rings (SSSR count). The van der Waals surface area contributed by atoms with E-state index in [-0.39, 0.29) is 5.69 Å². The van der Waals surface area contributed by atoms with Crippen molar-refractivity contribution in [2.75, 3.05) is 20.8 Å².